The molecule has 1 unspecified atom stereocenters. The first-order valence-electron chi connectivity index (χ1n) is 10.5. The molecule has 1 atom stereocenters. The van der Waals surface area contributed by atoms with Crippen LogP contribution in [0.25, 0.3) is 0 Å². The lowest BCUT2D eigenvalue weighted by Gasteiger charge is -2.26. The first-order valence-corrected chi connectivity index (χ1v) is 10.5. The zero-order valence-electron chi connectivity index (χ0n) is 17.5. The number of likely N-dealkylation sites (tertiary alicyclic amines) is 1. The second kappa shape index (κ2) is 11.3. The second-order valence-corrected chi connectivity index (χ2v) is 7.25. The maximum atomic E-state index is 10.9. The second-order valence-electron chi connectivity index (χ2n) is 7.25. The van der Waals surface area contributed by atoms with Gasteiger partial charge < -0.3 is 25.5 Å². The van der Waals surface area contributed by atoms with E-state index in [0.29, 0.717) is 18.8 Å². The van der Waals surface area contributed by atoms with Crippen LogP contribution < -0.4 is 21.1 Å². The summed E-state index contributed by atoms with van der Waals surface area (Å²) in [5.74, 6) is 1.82. The van der Waals surface area contributed by atoms with Gasteiger partial charge in [-0.15, -0.1) is 0 Å². The summed E-state index contributed by atoms with van der Waals surface area (Å²) in [6.07, 6.45) is 4.17. The van der Waals surface area contributed by atoms with E-state index < -0.39 is 5.91 Å². The predicted octanol–water partition coefficient (Wildman–Crippen LogP) is 2.04. The van der Waals surface area contributed by atoms with E-state index in [4.69, 9.17) is 19.9 Å². The van der Waals surface area contributed by atoms with Crippen LogP contribution in [-0.4, -0.2) is 49.6 Å². The Labute approximate surface area is 177 Å². The number of nitrogens with one attached hydrogen (secondary N) is 2. The summed E-state index contributed by atoms with van der Waals surface area (Å²) < 4.78 is 11.1. The number of guanidine groups is 1. The van der Waals surface area contributed by atoms with E-state index in [0.717, 1.165) is 36.9 Å². The van der Waals surface area contributed by atoms with Crippen molar-refractivity contribution >= 4 is 11.9 Å². The van der Waals surface area contributed by atoms with Crippen LogP contribution in [0.3, 0.4) is 0 Å². The molecule has 0 bridgehead atoms. The number of nitrogens with two attached hydrogens (primary N) is 1. The lowest BCUT2D eigenvalue weighted by Crippen LogP contribution is -2.42. The molecule has 1 aromatic carbocycles. The van der Waals surface area contributed by atoms with Crippen molar-refractivity contribution in [3.8, 4) is 5.75 Å². The van der Waals surface area contributed by atoms with Gasteiger partial charge in [0.1, 0.15) is 11.5 Å². The number of ether oxygens (including phenoxy) is 1. The highest BCUT2D eigenvalue weighted by Gasteiger charge is 2.25. The van der Waals surface area contributed by atoms with Crippen molar-refractivity contribution in [1.82, 2.24) is 15.5 Å². The number of carbonyl (C=O) groups is 1. The maximum Gasteiger partial charge on any atom is 0.255 e. The van der Waals surface area contributed by atoms with Crippen LogP contribution in [0.4, 0.5) is 0 Å². The van der Waals surface area contributed by atoms with Gasteiger partial charge in [-0.2, -0.15) is 0 Å². The third-order valence-corrected chi connectivity index (χ3v) is 4.96. The number of aliphatic imine (C=N–C) groups is 1. The number of hydrogen-bond donors (Lipinski definition) is 3. The molecule has 162 valence electrons. The van der Waals surface area contributed by atoms with Crippen molar-refractivity contribution in [2.24, 2.45) is 10.7 Å². The lowest BCUT2D eigenvalue weighted by atomic mass is 10.2. The fourth-order valence-electron chi connectivity index (χ4n) is 3.54. The van der Waals surface area contributed by atoms with Crippen LogP contribution in [0.1, 0.15) is 37.1 Å². The fourth-order valence-corrected chi connectivity index (χ4v) is 3.54. The van der Waals surface area contributed by atoms with Crippen molar-refractivity contribution in [1.29, 1.82) is 0 Å². The molecule has 4 N–H and O–H groups in total. The average molecular weight is 414 g/mol. The highest BCUT2D eigenvalue weighted by atomic mass is 16.5. The molecular weight excluding hydrogens is 382 g/mol. The van der Waals surface area contributed by atoms with E-state index >= 15 is 0 Å². The Hall–Kier alpha value is -3.00. The van der Waals surface area contributed by atoms with Crippen LogP contribution in [0.2, 0.25) is 0 Å². The highest BCUT2D eigenvalue weighted by Crippen LogP contribution is 2.24. The lowest BCUT2D eigenvalue weighted by molar-refractivity contribution is -0.119. The molecule has 1 aliphatic rings. The van der Waals surface area contributed by atoms with Gasteiger partial charge in [-0.25, -0.2) is 4.99 Å². The van der Waals surface area contributed by atoms with Gasteiger partial charge in [0, 0.05) is 13.1 Å². The highest BCUT2D eigenvalue weighted by molar-refractivity contribution is 5.79. The molecule has 1 amide bonds. The molecule has 0 saturated carbocycles. The standard InChI is InChI=1S/C22H31N5O3/c1-2-24-22(25-14-17-7-5-8-18(13-17)30-16-21(23)28)26-15-19(20-9-6-12-29-20)27-10-3-4-11-27/h5-9,12-13,19H,2-4,10-11,14-16H2,1H3,(H2,23,28)(H2,24,25,26). The van der Waals surface area contributed by atoms with E-state index in [1.165, 1.54) is 12.8 Å². The summed E-state index contributed by atoms with van der Waals surface area (Å²) in [6, 6.07) is 11.7. The Kier molecular flexibility index (Phi) is 8.14. The molecule has 1 aromatic heterocycles. The monoisotopic (exact) mass is 413 g/mol. The molecule has 1 saturated heterocycles. The summed E-state index contributed by atoms with van der Waals surface area (Å²) in [7, 11) is 0. The molecule has 30 heavy (non-hydrogen) atoms. The van der Waals surface area contributed by atoms with Gasteiger partial charge in [0.05, 0.1) is 18.8 Å². The normalized spacial score (nSPS) is 15.7. The number of primary amides is 1. The summed E-state index contributed by atoms with van der Waals surface area (Å²) in [5, 5.41) is 6.75. The van der Waals surface area contributed by atoms with Gasteiger partial charge >= 0.3 is 0 Å². The molecule has 0 radical (unpaired) electrons. The Bertz CT molecular complexity index is 816. The minimum atomic E-state index is -0.499. The van der Waals surface area contributed by atoms with Gasteiger partial charge in [0.15, 0.2) is 12.6 Å². The third kappa shape index (κ3) is 6.52. The quantitative estimate of drug-likeness (QED) is 0.407. The topological polar surface area (TPSA) is 105 Å². The minimum absolute atomic E-state index is 0.137. The van der Waals surface area contributed by atoms with Gasteiger partial charge in [0.2, 0.25) is 0 Å². The van der Waals surface area contributed by atoms with E-state index in [-0.39, 0.29) is 12.6 Å². The molecule has 8 heteroatoms. The van der Waals surface area contributed by atoms with Crippen LogP contribution >= 0.6 is 0 Å². The Morgan fingerprint density at radius 2 is 2.10 bits per heavy atom. The number of furan rings is 1. The summed E-state index contributed by atoms with van der Waals surface area (Å²) >= 11 is 0. The SMILES string of the molecule is CCNC(=NCc1cccc(OCC(N)=O)c1)NCC(c1ccco1)N1CCCC1. The predicted molar refractivity (Wildman–Crippen MR) is 116 cm³/mol. The molecule has 3 rings (SSSR count). The van der Waals surface area contributed by atoms with Crippen molar-refractivity contribution in [3.05, 3.63) is 54.0 Å². The largest absolute Gasteiger partial charge is 0.484 e. The van der Waals surface area contributed by atoms with Crippen molar-refractivity contribution in [2.45, 2.75) is 32.4 Å². The molecule has 2 heterocycles. The first kappa shape index (κ1) is 21.7. The smallest absolute Gasteiger partial charge is 0.255 e. The average Bonchev–Trinajstić information content (AvgIpc) is 3.46. The molecule has 0 spiro atoms. The van der Waals surface area contributed by atoms with Crippen molar-refractivity contribution in [3.63, 3.8) is 0 Å². The number of hydrogen-bond acceptors (Lipinski definition) is 5. The van der Waals surface area contributed by atoms with Crippen molar-refractivity contribution < 1.29 is 13.9 Å². The van der Waals surface area contributed by atoms with Gasteiger partial charge in [0.25, 0.3) is 5.91 Å². The summed E-state index contributed by atoms with van der Waals surface area (Å²) in [5.41, 5.74) is 6.12. The van der Waals surface area contributed by atoms with Gasteiger partial charge in [-0.1, -0.05) is 12.1 Å². The number of benzene rings is 1. The molecule has 1 aliphatic heterocycles. The Morgan fingerprint density at radius 1 is 1.27 bits per heavy atom. The zero-order chi connectivity index (χ0) is 21.2. The zero-order valence-corrected chi connectivity index (χ0v) is 17.5. The fraction of sp³-hybridized carbons (Fsp3) is 0.455. The Morgan fingerprint density at radius 3 is 2.80 bits per heavy atom. The summed E-state index contributed by atoms with van der Waals surface area (Å²) in [4.78, 5) is 18.1. The first-order chi connectivity index (χ1) is 14.7. The van der Waals surface area contributed by atoms with E-state index in [9.17, 15) is 4.79 Å². The van der Waals surface area contributed by atoms with E-state index in [1.54, 1.807) is 12.3 Å². The van der Waals surface area contributed by atoms with Gasteiger partial charge in [-0.05, 0) is 62.7 Å². The number of nitrogens with zero attached hydrogens (tertiary/aromatic N) is 2. The maximum absolute atomic E-state index is 10.9. The van der Waals surface area contributed by atoms with Crippen molar-refractivity contribution in [2.75, 3.05) is 32.8 Å². The van der Waals surface area contributed by atoms with Crippen LogP contribution in [0.15, 0.2) is 52.1 Å². The number of amides is 1. The molecular formula is C22H31N5O3. The van der Waals surface area contributed by atoms with Crippen LogP contribution in [0.5, 0.6) is 5.75 Å². The van der Waals surface area contributed by atoms with E-state index in [1.807, 2.05) is 37.3 Å². The Balaban J connectivity index is 1.62. The van der Waals surface area contributed by atoms with Crippen LogP contribution in [-0.2, 0) is 11.3 Å². The molecule has 1 fully saturated rings. The summed E-state index contributed by atoms with van der Waals surface area (Å²) in [6.45, 7) is 6.03. The number of rotatable bonds is 10. The minimum Gasteiger partial charge on any atom is -0.484 e. The van der Waals surface area contributed by atoms with Gasteiger partial charge in [-0.3, -0.25) is 9.69 Å². The molecule has 8 nitrogen and oxygen atoms in total. The molecule has 0 aliphatic carbocycles. The number of carbonyl (C=O) groups excluding carboxylic acids is 1. The van der Waals surface area contributed by atoms with E-state index in [2.05, 4.69) is 15.5 Å². The third-order valence-electron chi connectivity index (χ3n) is 4.96. The molecule has 2 aromatic rings. The van der Waals surface area contributed by atoms with Crippen LogP contribution in [0, 0.1) is 0 Å².